The van der Waals surface area contributed by atoms with Gasteiger partial charge in [-0.2, -0.15) is 26.3 Å². The first-order valence-electron chi connectivity index (χ1n) is 14.3. The van der Waals surface area contributed by atoms with Crippen molar-refractivity contribution >= 4 is 45.3 Å². The maximum atomic E-state index is 15.9. The molecule has 0 unspecified atom stereocenters. The number of carbonyl (C=O) groups is 2. The van der Waals surface area contributed by atoms with Crippen LogP contribution in [-0.2, 0) is 25.4 Å². The van der Waals surface area contributed by atoms with E-state index in [-0.39, 0.29) is 27.5 Å². The lowest BCUT2D eigenvalue weighted by Gasteiger charge is -2.14. The molecule has 0 aliphatic carbocycles. The van der Waals surface area contributed by atoms with E-state index in [1.165, 1.54) is 12.1 Å². The number of fused-ring (bicyclic) bond motifs is 2. The third-order valence-electron chi connectivity index (χ3n) is 7.97. The number of halogens is 10. The van der Waals surface area contributed by atoms with Gasteiger partial charge < -0.3 is 24.1 Å². The van der Waals surface area contributed by atoms with Gasteiger partial charge in [-0.3, -0.25) is 0 Å². The number of benzene rings is 4. The first kappa shape index (κ1) is 35.2. The molecule has 0 amide bonds. The van der Waals surface area contributed by atoms with Gasteiger partial charge >= 0.3 is 24.3 Å². The summed E-state index contributed by atoms with van der Waals surface area (Å²) < 4.78 is 132. The third kappa shape index (κ3) is 6.54. The van der Waals surface area contributed by atoms with Crippen LogP contribution in [0.3, 0.4) is 0 Å². The second-order valence-electron chi connectivity index (χ2n) is 11.2. The number of rotatable bonds is 7. The number of phenols is 1. The number of esters is 1. The Morgan fingerprint density at radius 2 is 1.22 bits per heavy atom. The standard InChI is InChI=1S/C34H18ClF9N2O5/c35-21-3-1-15(9-19(21)33(39,40)41)14-46-23-5-7-27(47)29(37)17(23)12-26(46)32(50)51-28-8-6-24-18(30(28)38)11-25(31(48)49)45(24)13-16-2-4-22(36)20(10-16)34(42,43)44/h1-12,47H,13-14H2,(H,48,49). The Labute approximate surface area is 284 Å². The van der Waals surface area contributed by atoms with Crippen molar-refractivity contribution in [2.75, 3.05) is 0 Å². The molecule has 2 aromatic heterocycles. The van der Waals surface area contributed by atoms with Gasteiger partial charge in [0.2, 0.25) is 0 Å². The summed E-state index contributed by atoms with van der Waals surface area (Å²) in [6.45, 7) is -1.05. The highest BCUT2D eigenvalue weighted by Gasteiger charge is 2.35. The van der Waals surface area contributed by atoms with Crippen LogP contribution in [-0.4, -0.2) is 31.3 Å². The van der Waals surface area contributed by atoms with Crippen LogP contribution in [0.15, 0.2) is 72.8 Å². The second-order valence-corrected chi connectivity index (χ2v) is 11.6. The molecule has 0 saturated heterocycles. The SMILES string of the molecule is O=C(Oc1ccc2c(cc(C(=O)O)n2Cc2ccc(F)c(C(F)(F)F)c2)c1F)c1cc2c(F)c(O)ccc2n1Cc1ccc(Cl)c(C(F)(F)F)c1. The number of aromatic carboxylic acids is 1. The minimum atomic E-state index is -5.06. The molecule has 0 fully saturated rings. The lowest BCUT2D eigenvalue weighted by atomic mass is 10.1. The van der Waals surface area contributed by atoms with Crippen molar-refractivity contribution in [3.8, 4) is 11.5 Å². The molecule has 0 aliphatic rings. The smallest absolute Gasteiger partial charge is 0.419 e. The van der Waals surface area contributed by atoms with E-state index in [0.29, 0.717) is 18.2 Å². The van der Waals surface area contributed by atoms with Crippen LogP contribution < -0.4 is 4.74 Å². The van der Waals surface area contributed by atoms with Crippen molar-refractivity contribution in [2.45, 2.75) is 25.4 Å². The molecule has 51 heavy (non-hydrogen) atoms. The number of hydrogen-bond acceptors (Lipinski definition) is 4. The number of alkyl halides is 6. The highest BCUT2D eigenvalue weighted by molar-refractivity contribution is 6.31. The van der Waals surface area contributed by atoms with E-state index in [9.17, 15) is 54.9 Å². The zero-order valence-corrected chi connectivity index (χ0v) is 25.9. The van der Waals surface area contributed by atoms with Crippen LogP contribution in [0.25, 0.3) is 21.8 Å². The second kappa shape index (κ2) is 12.6. The number of carboxylic acid groups (broad SMARTS) is 1. The fourth-order valence-corrected chi connectivity index (χ4v) is 5.85. The lowest BCUT2D eigenvalue weighted by Crippen LogP contribution is -2.16. The number of aromatic nitrogens is 2. The largest absolute Gasteiger partial charge is 0.505 e. The van der Waals surface area contributed by atoms with Crippen LogP contribution >= 0.6 is 11.6 Å². The van der Waals surface area contributed by atoms with E-state index in [0.717, 1.165) is 51.6 Å². The number of phenolic OH excluding ortho intramolecular Hbond substituents is 1. The number of ether oxygens (including phenoxy) is 1. The zero-order valence-electron chi connectivity index (χ0n) is 25.1. The molecule has 0 aliphatic heterocycles. The maximum absolute atomic E-state index is 15.9. The molecular formula is C34H18ClF9N2O5. The van der Waals surface area contributed by atoms with Crippen LogP contribution in [0.5, 0.6) is 11.5 Å². The summed E-state index contributed by atoms with van der Waals surface area (Å²) in [5.74, 6) is -8.53. The summed E-state index contributed by atoms with van der Waals surface area (Å²) in [7, 11) is 0. The van der Waals surface area contributed by atoms with E-state index in [2.05, 4.69) is 0 Å². The van der Waals surface area contributed by atoms with Gasteiger partial charge in [-0.05, 0) is 71.8 Å². The van der Waals surface area contributed by atoms with Gasteiger partial charge in [-0.1, -0.05) is 23.7 Å². The van der Waals surface area contributed by atoms with Crippen molar-refractivity contribution in [1.29, 1.82) is 0 Å². The van der Waals surface area contributed by atoms with Crippen molar-refractivity contribution in [1.82, 2.24) is 9.13 Å². The molecule has 6 rings (SSSR count). The van der Waals surface area contributed by atoms with Gasteiger partial charge in [-0.15, -0.1) is 0 Å². The molecule has 2 N–H and O–H groups in total. The Balaban J connectivity index is 1.39. The first-order valence-corrected chi connectivity index (χ1v) is 14.7. The van der Waals surface area contributed by atoms with Gasteiger partial charge in [0.1, 0.15) is 17.2 Å². The highest BCUT2D eigenvalue weighted by Crippen LogP contribution is 2.37. The van der Waals surface area contributed by atoms with Crippen LogP contribution in [0.2, 0.25) is 5.02 Å². The summed E-state index contributed by atoms with van der Waals surface area (Å²) in [5, 5.41) is 18.3. The average molecular weight is 741 g/mol. The minimum Gasteiger partial charge on any atom is -0.505 e. The van der Waals surface area contributed by atoms with E-state index in [1.807, 2.05) is 0 Å². The lowest BCUT2D eigenvalue weighted by molar-refractivity contribution is -0.140. The Morgan fingerprint density at radius 1 is 0.686 bits per heavy atom. The van der Waals surface area contributed by atoms with Gasteiger partial charge in [0.05, 0.1) is 27.2 Å². The van der Waals surface area contributed by atoms with E-state index < -0.39 is 99.3 Å². The molecule has 0 spiro atoms. The summed E-state index contributed by atoms with van der Waals surface area (Å²) in [6, 6.07) is 10.9. The highest BCUT2D eigenvalue weighted by atomic mass is 35.5. The quantitative estimate of drug-likeness (QED) is 0.0967. The number of carbonyl (C=O) groups excluding carboxylic acids is 1. The molecule has 0 saturated carbocycles. The summed E-state index contributed by atoms with van der Waals surface area (Å²) in [4.78, 5) is 25.6. The number of aromatic hydroxyl groups is 1. The maximum Gasteiger partial charge on any atom is 0.419 e. The first-order chi connectivity index (χ1) is 23.8. The van der Waals surface area contributed by atoms with Crippen molar-refractivity contribution in [3.05, 3.63) is 129 Å². The van der Waals surface area contributed by atoms with Crippen LogP contribution in [0, 0.1) is 17.5 Å². The summed E-state index contributed by atoms with van der Waals surface area (Å²) in [6.07, 6.45) is -9.90. The average Bonchev–Trinajstić information content (AvgIpc) is 3.60. The molecule has 17 heteroatoms. The predicted octanol–water partition coefficient (Wildman–Crippen LogP) is 9.42. The molecule has 0 bridgehead atoms. The molecule has 264 valence electrons. The Morgan fingerprint density at radius 3 is 1.82 bits per heavy atom. The Hall–Kier alpha value is -5.64. The van der Waals surface area contributed by atoms with Gasteiger partial charge in [0.15, 0.2) is 23.1 Å². The van der Waals surface area contributed by atoms with Gasteiger partial charge in [0, 0.05) is 23.9 Å². The third-order valence-corrected chi connectivity index (χ3v) is 8.30. The van der Waals surface area contributed by atoms with Gasteiger partial charge in [0.25, 0.3) is 0 Å². The van der Waals surface area contributed by atoms with Crippen LogP contribution in [0.1, 0.15) is 43.2 Å². The van der Waals surface area contributed by atoms with Crippen molar-refractivity contribution in [3.63, 3.8) is 0 Å². The van der Waals surface area contributed by atoms with E-state index >= 15 is 4.39 Å². The predicted molar refractivity (Wildman–Crippen MR) is 163 cm³/mol. The van der Waals surface area contributed by atoms with Gasteiger partial charge in [-0.25, -0.2) is 22.8 Å². The molecule has 0 radical (unpaired) electrons. The Kier molecular flexibility index (Phi) is 8.69. The summed E-state index contributed by atoms with van der Waals surface area (Å²) >= 11 is 5.72. The van der Waals surface area contributed by atoms with Crippen molar-refractivity contribution in [2.24, 2.45) is 0 Å². The van der Waals surface area contributed by atoms with E-state index in [4.69, 9.17) is 16.3 Å². The van der Waals surface area contributed by atoms with Crippen LogP contribution in [0.4, 0.5) is 39.5 Å². The zero-order chi connectivity index (χ0) is 37.2. The number of carboxylic acids is 1. The molecule has 0 atom stereocenters. The monoisotopic (exact) mass is 740 g/mol. The normalized spacial score (nSPS) is 12.2. The number of hydrogen-bond donors (Lipinski definition) is 2. The van der Waals surface area contributed by atoms with E-state index in [1.54, 1.807) is 0 Å². The van der Waals surface area contributed by atoms with Crippen molar-refractivity contribution < 1.29 is 64.1 Å². The number of nitrogens with zero attached hydrogens (tertiary/aromatic N) is 2. The molecular weight excluding hydrogens is 723 g/mol. The fraction of sp³-hybridized carbons (Fsp3) is 0.118. The topological polar surface area (TPSA) is 93.7 Å². The molecule has 2 heterocycles. The molecule has 4 aromatic carbocycles. The minimum absolute atomic E-state index is 0.0367. The molecule has 7 nitrogen and oxygen atoms in total. The summed E-state index contributed by atoms with van der Waals surface area (Å²) in [5.41, 5.74) is -4.28. The molecule has 6 aromatic rings. The fourth-order valence-electron chi connectivity index (χ4n) is 5.63. The Bertz CT molecular complexity index is 2400.